The van der Waals surface area contributed by atoms with Gasteiger partial charge in [0, 0.05) is 24.0 Å². The Bertz CT molecular complexity index is 1120. The van der Waals surface area contributed by atoms with Crippen LogP contribution in [0.25, 0.3) is 0 Å². The van der Waals surface area contributed by atoms with Crippen molar-refractivity contribution in [1.82, 2.24) is 10.2 Å². The molecule has 178 valence electrons. The van der Waals surface area contributed by atoms with E-state index >= 15 is 0 Å². The van der Waals surface area contributed by atoms with Crippen LogP contribution < -0.4 is 10.1 Å². The van der Waals surface area contributed by atoms with Gasteiger partial charge in [0.05, 0.1) is 0 Å². The number of hydrogen-bond acceptors (Lipinski definition) is 3. The molecule has 5 nitrogen and oxygen atoms in total. The highest BCUT2D eigenvalue weighted by Gasteiger charge is 2.30. The van der Waals surface area contributed by atoms with E-state index in [1.807, 2.05) is 93.6 Å². The number of nitrogens with one attached hydrogen (secondary N) is 1. The van der Waals surface area contributed by atoms with Gasteiger partial charge in [0.15, 0.2) is 6.61 Å². The fourth-order valence-corrected chi connectivity index (χ4v) is 4.03. The van der Waals surface area contributed by atoms with E-state index < -0.39 is 6.04 Å². The third kappa shape index (κ3) is 7.19. The molecule has 0 aliphatic rings. The molecule has 0 aromatic heterocycles. The van der Waals surface area contributed by atoms with Crippen molar-refractivity contribution in [2.24, 2.45) is 0 Å². The summed E-state index contributed by atoms with van der Waals surface area (Å²) < 4.78 is 6.82. The summed E-state index contributed by atoms with van der Waals surface area (Å²) in [5.74, 6) is 0.197. The molecule has 1 atom stereocenters. The third-order valence-electron chi connectivity index (χ3n) is 5.55. The van der Waals surface area contributed by atoms with E-state index in [0.29, 0.717) is 25.3 Å². The zero-order valence-electron chi connectivity index (χ0n) is 19.9. The topological polar surface area (TPSA) is 58.6 Å². The molecule has 0 spiro atoms. The summed E-state index contributed by atoms with van der Waals surface area (Å²) >= 11 is 3.48. The van der Waals surface area contributed by atoms with Crippen molar-refractivity contribution < 1.29 is 14.3 Å². The second kappa shape index (κ2) is 12.4. The lowest BCUT2D eigenvalue weighted by Crippen LogP contribution is -2.51. The Morgan fingerprint density at radius 2 is 1.71 bits per heavy atom. The molecule has 2 amide bonds. The quantitative estimate of drug-likeness (QED) is 0.397. The van der Waals surface area contributed by atoms with Crippen LogP contribution in [-0.4, -0.2) is 35.9 Å². The Kier molecular flexibility index (Phi) is 9.28. The number of hydrogen-bond donors (Lipinski definition) is 1. The predicted molar refractivity (Wildman–Crippen MR) is 139 cm³/mol. The molecule has 0 aliphatic heterocycles. The van der Waals surface area contributed by atoms with Crippen molar-refractivity contribution >= 4 is 27.7 Å². The minimum atomic E-state index is -0.661. The first kappa shape index (κ1) is 25.5. The van der Waals surface area contributed by atoms with Gasteiger partial charge in [0.2, 0.25) is 5.91 Å². The summed E-state index contributed by atoms with van der Waals surface area (Å²) in [6, 6.07) is 22.7. The van der Waals surface area contributed by atoms with Crippen LogP contribution in [0, 0.1) is 13.8 Å². The zero-order chi connectivity index (χ0) is 24.5. The van der Waals surface area contributed by atoms with Crippen molar-refractivity contribution in [2.45, 2.75) is 39.8 Å². The van der Waals surface area contributed by atoms with Crippen molar-refractivity contribution in [3.8, 4) is 5.75 Å². The number of amides is 2. The first-order valence-electron chi connectivity index (χ1n) is 11.4. The highest BCUT2D eigenvalue weighted by atomic mass is 79.9. The molecule has 3 aromatic carbocycles. The van der Waals surface area contributed by atoms with Crippen LogP contribution in [0.1, 0.15) is 29.2 Å². The van der Waals surface area contributed by atoms with E-state index in [4.69, 9.17) is 4.74 Å². The average Bonchev–Trinajstić information content (AvgIpc) is 2.82. The van der Waals surface area contributed by atoms with Crippen LogP contribution in [0.2, 0.25) is 0 Å². The molecule has 0 fully saturated rings. The first-order chi connectivity index (χ1) is 16.4. The summed E-state index contributed by atoms with van der Waals surface area (Å²) in [4.78, 5) is 28.3. The van der Waals surface area contributed by atoms with Crippen molar-refractivity contribution in [3.63, 3.8) is 0 Å². The van der Waals surface area contributed by atoms with Crippen LogP contribution in [0.5, 0.6) is 5.75 Å². The Morgan fingerprint density at radius 3 is 2.38 bits per heavy atom. The van der Waals surface area contributed by atoms with Gasteiger partial charge in [-0.1, -0.05) is 76.1 Å². The number of aryl methyl sites for hydroxylation is 2. The van der Waals surface area contributed by atoms with E-state index in [-0.39, 0.29) is 18.4 Å². The second-order valence-corrected chi connectivity index (χ2v) is 9.16. The van der Waals surface area contributed by atoms with E-state index in [0.717, 1.165) is 26.7 Å². The van der Waals surface area contributed by atoms with Crippen LogP contribution in [-0.2, 0) is 22.6 Å². The molecule has 0 saturated heterocycles. The first-order valence-corrected chi connectivity index (χ1v) is 12.2. The molecule has 0 saturated carbocycles. The molecule has 1 N–H and O–H groups in total. The minimum Gasteiger partial charge on any atom is -0.484 e. The highest BCUT2D eigenvalue weighted by Crippen LogP contribution is 2.22. The fraction of sp³-hybridized carbons (Fsp3) is 0.286. The lowest BCUT2D eigenvalue weighted by molar-refractivity contribution is -0.142. The average molecular weight is 523 g/mol. The van der Waals surface area contributed by atoms with Crippen LogP contribution >= 0.6 is 15.9 Å². The van der Waals surface area contributed by atoms with E-state index in [2.05, 4.69) is 21.2 Å². The molecule has 0 aliphatic carbocycles. The molecule has 6 heteroatoms. The smallest absolute Gasteiger partial charge is 0.261 e. The molecular formula is C28H31BrN2O3. The molecule has 0 radical (unpaired) electrons. The summed E-state index contributed by atoms with van der Waals surface area (Å²) in [6.07, 6.45) is 0.418. The maximum atomic E-state index is 13.5. The van der Waals surface area contributed by atoms with Gasteiger partial charge in [0.25, 0.3) is 5.91 Å². The fourth-order valence-electron chi connectivity index (χ4n) is 3.79. The lowest BCUT2D eigenvalue weighted by Gasteiger charge is -2.31. The summed E-state index contributed by atoms with van der Waals surface area (Å²) in [5, 5.41) is 2.91. The van der Waals surface area contributed by atoms with Crippen molar-refractivity contribution in [3.05, 3.63) is 99.5 Å². The highest BCUT2D eigenvalue weighted by molar-refractivity contribution is 9.10. The maximum absolute atomic E-state index is 13.5. The van der Waals surface area contributed by atoms with Gasteiger partial charge >= 0.3 is 0 Å². The lowest BCUT2D eigenvalue weighted by atomic mass is 10.0. The number of carbonyl (C=O) groups excluding carboxylic acids is 2. The normalized spacial score (nSPS) is 11.5. The van der Waals surface area contributed by atoms with Crippen LogP contribution in [0.15, 0.2) is 77.3 Å². The number of carbonyl (C=O) groups is 2. The van der Waals surface area contributed by atoms with Crippen LogP contribution in [0.3, 0.4) is 0 Å². The molecule has 3 aromatic rings. The van der Waals surface area contributed by atoms with Gasteiger partial charge in [0.1, 0.15) is 11.8 Å². The molecule has 0 unspecified atom stereocenters. The SMILES string of the molecule is CCNC(=O)[C@H](Cc1ccccc1)N(Cc1cccc(C)c1)C(=O)COc1ccc(Br)c(C)c1. The van der Waals surface area contributed by atoms with Gasteiger partial charge in [-0.2, -0.15) is 0 Å². The number of likely N-dealkylation sites (N-methyl/N-ethyl adjacent to an activating group) is 1. The Hall–Kier alpha value is -3.12. The van der Waals surface area contributed by atoms with E-state index in [1.54, 1.807) is 4.90 Å². The Morgan fingerprint density at radius 1 is 0.971 bits per heavy atom. The standard InChI is InChI=1S/C28H31BrN2O3/c1-4-30-28(33)26(17-22-10-6-5-7-11-22)31(18-23-12-8-9-20(2)15-23)27(32)19-34-24-13-14-25(29)21(3)16-24/h5-16,26H,4,17-19H2,1-3H3,(H,30,33)/t26-/m0/s1. The monoisotopic (exact) mass is 522 g/mol. The van der Waals surface area contributed by atoms with Gasteiger partial charge in [-0.3, -0.25) is 9.59 Å². The molecule has 0 heterocycles. The molecular weight excluding hydrogens is 492 g/mol. The summed E-state index contributed by atoms with van der Waals surface area (Å²) in [6.45, 7) is 6.51. The number of ether oxygens (including phenoxy) is 1. The summed E-state index contributed by atoms with van der Waals surface area (Å²) in [7, 11) is 0. The van der Waals surface area contributed by atoms with E-state index in [9.17, 15) is 9.59 Å². The van der Waals surface area contributed by atoms with Crippen molar-refractivity contribution in [2.75, 3.05) is 13.2 Å². The Labute approximate surface area is 210 Å². The number of halogens is 1. The van der Waals surface area contributed by atoms with Gasteiger partial charge < -0.3 is 15.0 Å². The summed E-state index contributed by atoms with van der Waals surface area (Å²) in [5.41, 5.74) is 4.08. The van der Waals surface area contributed by atoms with Crippen LogP contribution in [0.4, 0.5) is 0 Å². The third-order valence-corrected chi connectivity index (χ3v) is 6.44. The molecule has 3 rings (SSSR count). The zero-order valence-corrected chi connectivity index (χ0v) is 21.5. The second-order valence-electron chi connectivity index (χ2n) is 8.31. The number of benzene rings is 3. The number of nitrogens with zero attached hydrogens (tertiary/aromatic N) is 1. The maximum Gasteiger partial charge on any atom is 0.261 e. The minimum absolute atomic E-state index is 0.155. The van der Waals surface area contributed by atoms with Gasteiger partial charge in [-0.25, -0.2) is 0 Å². The van der Waals surface area contributed by atoms with E-state index in [1.165, 1.54) is 0 Å². The Balaban J connectivity index is 1.89. The predicted octanol–water partition coefficient (Wildman–Crippen LogP) is 5.22. The van der Waals surface area contributed by atoms with Gasteiger partial charge in [-0.15, -0.1) is 0 Å². The van der Waals surface area contributed by atoms with Gasteiger partial charge in [-0.05, 0) is 55.7 Å². The largest absolute Gasteiger partial charge is 0.484 e. The molecule has 34 heavy (non-hydrogen) atoms. The number of rotatable bonds is 10. The molecule has 0 bridgehead atoms. The van der Waals surface area contributed by atoms with Crippen molar-refractivity contribution in [1.29, 1.82) is 0 Å².